The molecule has 0 aliphatic carbocycles. The third kappa shape index (κ3) is 3.79. The van der Waals surface area contributed by atoms with Gasteiger partial charge >= 0.3 is 0 Å². The van der Waals surface area contributed by atoms with Crippen molar-refractivity contribution in [2.24, 2.45) is 7.05 Å². The van der Waals surface area contributed by atoms with Gasteiger partial charge in [0.25, 0.3) is 0 Å². The normalized spacial score (nSPS) is 10.7. The van der Waals surface area contributed by atoms with Crippen molar-refractivity contribution >= 4 is 0 Å². The van der Waals surface area contributed by atoms with E-state index in [4.69, 9.17) is 4.74 Å². The van der Waals surface area contributed by atoms with Crippen molar-refractivity contribution in [2.75, 3.05) is 6.54 Å². The number of nitrogens with one attached hydrogen (secondary N) is 1. The summed E-state index contributed by atoms with van der Waals surface area (Å²) in [7, 11) is 1.90. The molecule has 2 aromatic rings. The van der Waals surface area contributed by atoms with Crippen LogP contribution in [-0.2, 0) is 20.2 Å². The molecule has 0 spiro atoms. The van der Waals surface area contributed by atoms with Gasteiger partial charge in [-0.15, -0.1) is 0 Å². The molecule has 0 bridgehead atoms. The summed E-state index contributed by atoms with van der Waals surface area (Å²) in [5.74, 6) is 0.829. The molecule has 0 atom stereocenters. The summed E-state index contributed by atoms with van der Waals surface area (Å²) in [6.07, 6.45) is 3.76. The number of aryl methyl sites for hydroxylation is 2. The summed E-state index contributed by atoms with van der Waals surface area (Å²) in [5, 5.41) is 7.40. The van der Waals surface area contributed by atoms with Gasteiger partial charge in [0.05, 0.1) is 11.9 Å². The molecule has 0 unspecified atom stereocenters. The van der Waals surface area contributed by atoms with E-state index in [9.17, 15) is 0 Å². The maximum atomic E-state index is 5.83. The van der Waals surface area contributed by atoms with Crippen molar-refractivity contribution in [3.63, 3.8) is 0 Å². The lowest BCUT2D eigenvalue weighted by molar-refractivity contribution is 0.300. The predicted molar refractivity (Wildman–Crippen MR) is 73.9 cm³/mol. The molecule has 0 aliphatic rings. The zero-order valence-electron chi connectivity index (χ0n) is 11.7. The number of rotatable bonds is 6. The molecule has 2 heterocycles. The van der Waals surface area contributed by atoms with Crippen molar-refractivity contribution in [1.82, 2.24) is 20.1 Å². The Morgan fingerprint density at radius 3 is 2.89 bits per heavy atom. The monoisotopic (exact) mass is 260 g/mol. The Morgan fingerprint density at radius 1 is 1.37 bits per heavy atom. The second-order valence-electron chi connectivity index (χ2n) is 4.49. The highest BCUT2D eigenvalue weighted by Gasteiger charge is 2.06. The zero-order chi connectivity index (χ0) is 13.7. The van der Waals surface area contributed by atoms with E-state index in [-0.39, 0.29) is 0 Å². The van der Waals surface area contributed by atoms with Crippen molar-refractivity contribution in [3.8, 4) is 5.75 Å². The van der Waals surface area contributed by atoms with Gasteiger partial charge in [0.1, 0.15) is 12.4 Å². The Morgan fingerprint density at radius 2 is 2.21 bits per heavy atom. The van der Waals surface area contributed by atoms with E-state index < -0.39 is 0 Å². The third-order valence-electron chi connectivity index (χ3n) is 2.77. The smallest absolute Gasteiger partial charge is 0.142 e. The Bertz CT molecular complexity index is 536. The average Bonchev–Trinajstić information content (AvgIpc) is 2.81. The van der Waals surface area contributed by atoms with Gasteiger partial charge in [0.15, 0.2) is 0 Å². The molecular weight excluding hydrogens is 240 g/mol. The van der Waals surface area contributed by atoms with Crippen LogP contribution in [0.25, 0.3) is 0 Å². The number of aromatic nitrogens is 3. The molecule has 2 rings (SSSR count). The fourth-order valence-electron chi connectivity index (χ4n) is 1.81. The molecule has 0 aromatic carbocycles. The molecule has 0 saturated heterocycles. The molecule has 19 heavy (non-hydrogen) atoms. The van der Waals surface area contributed by atoms with Crippen LogP contribution < -0.4 is 10.1 Å². The minimum Gasteiger partial charge on any atom is -0.487 e. The molecule has 0 amide bonds. The average molecular weight is 260 g/mol. The van der Waals surface area contributed by atoms with Crippen molar-refractivity contribution in [2.45, 2.75) is 27.0 Å². The molecule has 2 aromatic heterocycles. The minimum atomic E-state index is 0.512. The topological polar surface area (TPSA) is 52.0 Å². The number of pyridine rings is 1. The van der Waals surface area contributed by atoms with E-state index >= 15 is 0 Å². The summed E-state index contributed by atoms with van der Waals surface area (Å²) in [4.78, 5) is 4.52. The van der Waals surface area contributed by atoms with Crippen LogP contribution in [0.2, 0.25) is 0 Å². The van der Waals surface area contributed by atoms with Crippen LogP contribution in [0.3, 0.4) is 0 Å². The van der Waals surface area contributed by atoms with E-state index in [0.717, 1.165) is 35.8 Å². The van der Waals surface area contributed by atoms with Gasteiger partial charge in [0, 0.05) is 31.0 Å². The van der Waals surface area contributed by atoms with Crippen molar-refractivity contribution in [1.29, 1.82) is 0 Å². The summed E-state index contributed by atoms with van der Waals surface area (Å²) < 4.78 is 7.60. The van der Waals surface area contributed by atoms with Crippen LogP contribution in [0.4, 0.5) is 0 Å². The number of ether oxygens (including phenoxy) is 1. The fraction of sp³-hybridized carbons (Fsp3) is 0.429. The van der Waals surface area contributed by atoms with Gasteiger partial charge in [-0.1, -0.05) is 6.92 Å². The zero-order valence-corrected chi connectivity index (χ0v) is 11.7. The fourth-order valence-corrected chi connectivity index (χ4v) is 1.81. The van der Waals surface area contributed by atoms with E-state index in [1.165, 1.54) is 0 Å². The molecule has 0 radical (unpaired) electrons. The van der Waals surface area contributed by atoms with Gasteiger partial charge in [-0.2, -0.15) is 5.10 Å². The van der Waals surface area contributed by atoms with Crippen molar-refractivity contribution < 1.29 is 4.74 Å². The number of hydrogen-bond acceptors (Lipinski definition) is 4. The predicted octanol–water partition coefficient (Wildman–Crippen LogP) is 1.81. The van der Waals surface area contributed by atoms with Gasteiger partial charge in [0.2, 0.25) is 0 Å². The first-order valence-corrected chi connectivity index (χ1v) is 6.46. The van der Waals surface area contributed by atoms with Gasteiger partial charge in [-0.3, -0.25) is 9.67 Å². The van der Waals surface area contributed by atoms with E-state index in [1.807, 2.05) is 38.5 Å². The van der Waals surface area contributed by atoms with Crippen LogP contribution in [-0.4, -0.2) is 21.3 Å². The van der Waals surface area contributed by atoms with Gasteiger partial charge in [-0.25, -0.2) is 0 Å². The minimum absolute atomic E-state index is 0.512. The lowest BCUT2D eigenvalue weighted by Crippen LogP contribution is -2.14. The maximum Gasteiger partial charge on any atom is 0.142 e. The first-order chi connectivity index (χ1) is 9.19. The third-order valence-corrected chi connectivity index (χ3v) is 2.77. The molecule has 102 valence electrons. The van der Waals surface area contributed by atoms with Crippen LogP contribution in [0, 0.1) is 6.92 Å². The standard InChI is InChI=1S/C14H20N4O/c1-4-15-8-13-14(6-5-11(2)17-13)19-10-12-7-16-18(3)9-12/h5-7,9,15H,4,8,10H2,1-3H3. The van der Waals surface area contributed by atoms with Crippen LogP contribution in [0.1, 0.15) is 23.9 Å². The Hall–Kier alpha value is -1.88. The van der Waals surface area contributed by atoms with E-state index in [1.54, 1.807) is 4.68 Å². The van der Waals surface area contributed by atoms with Crippen LogP contribution in [0.5, 0.6) is 5.75 Å². The van der Waals surface area contributed by atoms with Gasteiger partial charge < -0.3 is 10.1 Å². The Labute approximate surface area is 113 Å². The second kappa shape index (κ2) is 6.33. The molecule has 1 N–H and O–H groups in total. The number of nitrogens with zero attached hydrogens (tertiary/aromatic N) is 3. The Kier molecular flexibility index (Phi) is 4.52. The molecule has 0 aliphatic heterocycles. The van der Waals surface area contributed by atoms with Crippen LogP contribution in [0.15, 0.2) is 24.5 Å². The molecule has 5 nitrogen and oxygen atoms in total. The summed E-state index contributed by atoms with van der Waals surface area (Å²) in [5.41, 5.74) is 3.00. The first-order valence-electron chi connectivity index (χ1n) is 6.46. The summed E-state index contributed by atoms with van der Waals surface area (Å²) in [6.45, 7) is 6.21. The summed E-state index contributed by atoms with van der Waals surface area (Å²) >= 11 is 0. The van der Waals surface area contributed by atoms with E-state index in [2.05, 4.69) is 22.3 Å². The van der Waals surface area contributed by atoms with Gasteiger partial charge in [-0.05, 0) is 25.6 Å². The maximum absolute atomic E-state index is 5.83. The van der Waals surface area contributed by atoms with Crippen molar-refractivity contribution in [3.05, 3.63) is 41.5 Å². The molecular formula is C14H20N4O. The molecule has 0 fully saturated rings. The quantitative estimate of drug-likeness (QED) is 0.860. The number of hydrogen-bond donors (Lipinski definition) is 1. The molecule has 0 saturated carbocycles. The second-order valence-corrected chi connectivity index (χ2v) is 4.49. The summed E-state index contributed by atoms with van der Waals surface area (Å²) in [6, 6.07) is 3.94. The highest BCUT2D eigenvalue weighted by Crippen LogP contribution is 2.18. The highest BCUT2D eigenvalue weighted by molar-refractivity contribution is 5.29. The van der Waals surface area contributed by atoms with Crippen LogP contribution >= 0.6 is 0 Å². The lowest BCUT2D eigenvalue weighted by atomic mass is 10.2. The molecule has 5 heteroatoms. The highest BCUT2D eigenvalue weighted by atomic mass is 16.5. The van der Waals surface area contributed by atoms with E-state index in [0.29, 0.717) is 6.61 Å². The SMILES string of the molecule is CCNCc1nc(C)ccc1OCc1cnn(C)c1. The lowest BCUT2D eigenvalue weighted by Gasteiger charge is -2.11. The Balaban J connectivity index is 2.05. The first kappa shape index (κ1) is 13.5. The largest absolute Gasteiger partial charge is 0.487 e.